The van der Waals surface area contributed by atoms with Crippen molar-refractivity contribution in [2.75, 3.05) is 25.0 Å². The summed E-state index contributed by atoms with van der Waals surface area (Å²) in [6.45, 7) is 0.766. The third-order valence-corrected chi connectivity index (χ3v) is 5.42. The van der Waals surface area contributed by atoms with Crippen molar-refractivity contribution < 1.29 is 23.8 Å². The van der Waals surface area contributed by atoms with Gasteiger partial charge in [0, 0.05) is 24.8 Å². The number of carbonyl (C=O) groups is 1. The SMILES string of the molecule is N=C(N1CC(Oc2cc3c(cc2O)OCC(=O)N3)C1)N1N=CC[C@H]1c1cccc(F)c1. The molecule has 3 N–H and O–H groups in total. The van der Waals surface area contributed by atoms with Crippen molar-refractivity contribution in [3.05, 3.63) is 47.8 Å². The number of benzene rings is 2. The van der Waals surface area contributed by atoms with E-state index < -0.39 is 0 Å². The number of nitrogens with zero attached hydrogens (tertiary/aromatic N) is 3. The fraction of sp³-hybridized carbons (Fsp3) is 0.286. The van der Waals surface area contributed by atoms with Crippen molar-refractivity contribution in [2.45, 2.75) is 18.6 Å². The molecule has 2 aromatic rings. The van der Waals surface area contributed by atoms with Gasteiger partial charge in [0.2, 0.25) is 5.96 Å². The Kier molecular flexibility index (Phi) is 4.61. The molecule has 1 atom stereocenters. The summed E-state index contributed by atoms with van der Waals surface area (Å²) in [5.41, 5.74) is 1.20. The van der Waals surface area contributed by atoms with E-state index in [9.17, 15) is 14.3 Å². The van der Waals surface area contributed by atoms with Crippen LogP contribution in [-0.2, 0) is 4.79 Å². The zero-order valence-corrected chi connectivity index (χ0v) is 16.4. The minimum Gasteiger partial charge on any atom is -0.504 e. The number of rotatable bonds is 3. The van der Waals surface area contributed by atoms with Gasteiger partial charge in [0.25, 0.3) is 5.91 Å². The van der Waals surface area contributed by atoms with Gasteiger partial charge in [0.15, 0.2) is 18.1 Å². The maximum Gasteiger partial charge on any atom is 0.262 e. The van der Waals surface area contributed by atoms with Crippen molar-refractivity contribution in [1.82, 2.24) is 9.91 Å². The Morgan fingerprint density at radius 3 is 2.97 bits per heavy atom. The first-order valence-corrected chi connectivity index (χ1v) is 9.85. The van der Waals surface area contributed by atoms with E-state index in [-0.39, 0.29) is 47.9 Å². The Hall–Kier alpha value is -3.82. The molecule has 10 heteroatoms. The zero-order chi connectivity index (χ0) is 21.5. The number of guanidine groups is 1. The number of fused-ring (bicyclic) bond motifs is 1. The second-order valence-electron chi connectivity index (χ2n) is 7.57. The summed E-state index contributed by atoms with van der Waals surface area (Å²) in [6, 6.07) is 9.04. The summed E-state index contributed by atoms with van der Waals surface area (Å²) in [5.74, 6) is 0.150. The molecule has 3 heterocycles. The summed E-state index contributed by atoms with van der Waals surface area (Å²) in [7, 11) is 0. The Labute approximate surface area is 177 Å². The lowest BCUT2D eigenvalue weighted by Gasteiger charge is -2.43. The van der Waals surface area contributed by atoms with Gasteiger partial charge in [0.05, 0.1) is 24.8 Å². The van der Waals surface area contributed by atoms with Gasteiger partial charge in [-0.1, -0.05) is 12.1 Å². The van der Waals surface area contributed by atoms with Gasteiger partial charge in [-0.15, -0.1) is 0 Å². The molecule has 0 radical (unpaired) electrons. The Bertz CT molecular complexity index is 1090. The largest absolute Gasteiger partial charge is 0.504 e. The highest BCUT2D eigenvalue weighted by Crippen LogP contribution is 2.40. The van der Waals surface area contributed by atoms with Crippen LogP contribution in [0, 0.1) is 11.2 Å². The molecule has 1 amide bonds. The topological polar surface area (TPSA) is 110 Å². The standard InChI is InChI=1S/C21H20FN5O4/c22-13-3-1-2-12(6-13)16-4-5-24-27(16)21(23)26-9-14(10-26)31-19-7-15-18(8-17(19)28)30-11-20(29)25-15/h1-3,5-8,14,16,23,28H,4,9-11H2,(H,25,29)/t16-/m0/s1. The Morgan fingerprint density at radius 1 is 1.32 bits per heavy atom. The highest BCUT2D eigenvalue weighted by molar-refractivity contribution is 5.96. The first-order chi connectivity index (χ1) is 15.0. The first kappa shape index (κ1) is 19.2. The number of hydrogen-bond donors (Lipinski definition) is 3. The van der Waals surface area contributed by atoms with Crippen molar-refractivity contribution in [2.24, 2.45) is 5.10 Å². The van der Waals surface area contributed by atoms with Gasteiger partial charge in [-0.3, -0.25) is 10.2 Å². The van der Waals surface area contributed by atoms with Crippen molar-refractivity contribution in [1.29, 1.82) is 5.41 Å². The number of hydrazone groups is 1. The number of halogens is 1. The maximum absolute atomic E-state index is 13.6. The third-order valence-electron chi connectivity index (χ3n) is 5.42. The zero-order valence-electron chi connectivity index (χ0n) is 16.4. The fourth-order valence-corrected chi connectivity index (χ4v) is 3.81. The minimum absolute atomic E-state index is 0.0845. The summed E-state index contributed by atoms with van der Waals surface area (Å²) in [6.07, 6.45) is 2.07. The van der Waals surface area contributed by atoms with Gasteiger partial charge >= 0.3 is 0 Å². The number of anilines is 1. The Balaban J connectivity index is 1.22. The van der Waals surface area contributed by atoms with E-state index in [0.717, 1.165) is 5.56 Å². The number of ether oxygens (including phenoxy) is 2. The summed E-state index contributed by atoms with van der Waals surface area (Å²) >= 11 is 0. The van der Waals surface area contributed by atoms with Crippen LogP contribution in [0.2, 0.25) is 0 Å². The van der Waals surface area contributed by atoms with Gasteiger partial charge in [-0.25, -0.2) is 9.40 Å². The lowest BCUT2D eigenvalue weighted by Crippen LogP contribution is -2.59. The third kappa shape index (κ3) is 3.60. The van der Waals surface area contributed by atoms with Crippen LogP contribution in [0.15, 0.2) is 41.5 Å². The molecule has 0 unspecified atom stereocenters. The molecule has 3 aliphatic heterocycles. The first-order valence-electron chi connectivity index (χ1n) is 9.85. The molecule has 1 saturated heterocycles. The van der Waals surface area contributed by atoms with E-state index in [1.807, 2.05) is 6.07 Å². The molecule has 0 aliphatic carbocycles. The number of phenolic OH excluding ortho intramolecular Hbond substituents is 1. The molecular formula is C21H20FN5O4. The second-order valence-corrected chi connectivity index (χ2v) is 7.57. The monoisotopic (exact) mass is 425 g/mol. The van der Waals surface area contributed by atoms with Crippen molar-refractivity contribution in [3.63, 3.8) is 0 Å². The number of amides is 1. The maximum atomic E-state index is 13.6. The van der Waals surface area contributed by atoms with E-state index in [0.29, 0.717) is 30.9 Å². The second kappa shape index (κ2) is 7.46. The van der Waals surface area contributed by atoms with Gasteiger partial charge < -0.3 is 24.8 Å². The predicted molar refractivity (Wildman–Crippen MR) is 110 cm³/mol. The molecule has 0 spiro atoms. The Morgan fingerprint density at radius 2 is 2.16 bits per heavy atom. The smallest absolute Gasteiger partial charge is 0.262 e. The molecule has 9 nitrogen and oxygen atoms in total. The average Bonchev–Trinajstić information content (AvgIpc) is 3.20. The molecule has 1 fully saturated rings. The van der Waals surface area contributed by atoms with E-state index in [1.54, 1.807) is 22.2 Å². The number of phenols is 1. The number of likely N-dealkylation sites (tertiary alicyclic amines) is 1. The van der Waals surface area contributed by atoms with Gasteiger partial charge in [0.1, 0.15) is 17.7 Å². The average molecular weight is 425 g/mol. The fourth-order valence-electron chi connectivity index (χ4n) is 3.81. The van der Waals surface area contributed by atoms with E-state index in [4.69, 9.17) is 14.9 Å². The van der Waals surface area contributed by atoms with Crippen LogP contribution in [-0.4, -0.2) is 58.9 Å². The highest BCUT2D eigenvalue weighted by Gasteiger charge is 2.37. The highest BCUT2D eigenvalue weighted by atomic mass is 19.1. The van der Waals surface area contributed by atoms with Crippen LogP contribution in [0.1, 0.15) is 18.0 Å². The molecule has 31 heavy (non-hydrogen) atoms. The van der Waals surface area contributed by atoms with E-state index >= 15 is 0 Å². The predicted octanol–water partition coefficient (Wildman–Crippen LogP) is 2.29. The molecular weight excluding hydrogens is 405 g/mol. The van der Waals surface area contributed by atoms with Crippen LogP contribution in [0.25, 0.3) is 0 Å². The lowest BCUT2D eigenvalue weighted by molar-refractivity contribution is -0.118. The minimum atomic E-state index is -0.320. The summed E-state index contributed by atoms with van der Waals surface area (Å²) in [4.78, 5) is 13.3. The molecule has 0 bridgehead atoms. The quantitative estimate of drug-likeness (QED) is 0.395. The summed E-state index contributed by atoms with van der Waals surface area (Å²) < 4.78 is 24.7. The molecule has 160 valence electrons. The van der Waals surface area contributed by atoms with Crippen LogP contribution in [0.3, 0.4) is 0 Å². The van der Waals surface area contributed by atoms with Gasteiger partial charge in [-0.05, 0) is 17.7 Å². The lowest BCUT2D eigenvalue weighted by atomic mass is 10.0. The van der Waals surface area contributed by atoms with Crippen LogP contribution in [0.4, 0.5) is 10.1 Å². The molecule has 0 saturated carbocycles. The number of hydrogen-bond acceptors (Lipinski definition) is 6. The molecule has 3 aliphatic rings. The normalized spacial score (nSPS) is 20.0. The molecule has 2 aromatic carbocycles. The van der Waals surface area contributed by atoms with Crippen LogP contribution < -0.4 is 14.8 Å². The van der Waals surface area contributed by atoms with Crippen LogP contribution >= 0.6 is 0 Å². The van der Waals surface area contributed by atoms with Crippen molar-refractivity contribution >= 4 is 23.8 Å². The summed E-state index contributed by atoms with van der Waals surface area (Å²) in [5, 5.41) is 27.3. The number of nitrogens with one attached hydrogen (secondary N) is 2. The number of carbonyl (C=O) groups excluding carboxylic acids is 1. The van der Waals surface area contributed by atoms with Crippen LogP contribution in [0.5, 0.6) is 17.2 Å². The van der Waals surface area contributed by atoms with Gasteiger partial charge in [-0.2, -0.15) is 5.10 Å². The molecule has 5 rings (SSSR count). The van der Waals surface area contributed by atoms with Crippen molar-refractivity contribution in [3.8, 4) is 17.2 Å². The number of aromatic hydroxyl groups is 1. The molecule has 0 aromatic heterocycles. The van der Waals surface area contributed by atoms with E-state index in [1.165, 1.54) is 24.3 Å². The van der Waals surface area contributed by atoms with E-state index in [2.05, 4.69) is 10.4 Å².